The highest BCUT2D eigenvalue weighted by Crippen LogP contribution is 2.34. The third-order valence-corrected chi connectivity index (χ3v) is 6.94. The van der Waals surface area contributed by atoms with E-state index in [2.05, 4.69) is 5.32 Å². The van der Waals surface area contributed by atoms with Crippen LogP contribution >= 0.6 is 23.4 Å². The van der Waals surface area contributed by atoms with Crippen molar-refractivity contribution >= 4 is 52.2 Å². The van der Waals surface area contributed by atoms with Gasteiger partial charge in [0.15, 0.2) is 0 Å². The van der Waals surface area contributed by atoms with Gasteiger partial charge in [0.2, 0.25) is 5.91 Å². The van der Waals surface area contributed by atoms with Crippen LogP contribution in [0.3, 0.4) is 0 Å². The van der Waals surface area contributed by atoms with Gasteiger partial charge in [0.1, 0.15) is 18.9 Å². The van der Waals surface area contributed by atoms with Gasteiger partial charge in [0.05, 0.1) is 4.91 Å². The number of nitrogens with zero attached hydrogens (tertiary/aromatic N) is 1. The van der Waals surface area contributed by atoms with Crippen LogP contribution < -0.4 is 10.1 Å². The molecule has 1 aliphatic heterocycles. The molecule has 0 atom stereocenters. The van der Waals surface area contributed by atoms with Crippen molar-refractivity contribution in [2.75, 3.05) is 11.9 Å². The lowest BCUT2D eigenvalue weighted by Gasteiger charge is -2.16. The van der Waals surface area contributed by atoms with Crippen LogP contribution in [-0.4, -0.2) is 28.5 Å². The van der Waals surface area contributed by atoms with Gasteiger partial charge in [0, 0.05) is 21.8 Å². The van der Waals surface area contributed by atoms with Crippen molar-refractivity contribution in [3.63, 3.8) is 0 Å². The lowest BCUT2D eigenvalue weighted by molar-refractivity contribution is -0.127. The minimum absolute atomic E-state index is 0.226. The Hall–Kier alpha value is -3.55. The molecule has 8 heteroatoms. The number of nitrogens with one attached hydrogen (secondary N) is 1. The van der Waals surface area contributed by atoms with Gasteiger partial charge in [-0.15, -0.1) is 0 Å². The lowest BCUT2D eigenvalue weighted by atomic mass is 10.1. The fourth-order valence-electron chi connectivity index (χ4n) is 3.98. The molecular formula is C28H25ClN2O4S. The molecule has 0 radical (unpaired) electrons. The number of carbonyl (C=O) groups is 3. The van der Waals surface area contributed by atoms with Crippen molar-refractivity contribution in [3.05, 3.63) is 98.4 Å². The van der Waals surface area contributed by atoms with Crippen LogP contribution in [0.1, 0.15) is 27.8 Å². The number of ether oxygens (including phenoxy) is 1. The maximum Gasteiger partial charge on any atom is 0.294 e. The molecule has 0 aromatic heterocycles. The third kappa shape index (κ3) is 5.80. The van der Waals surface area contributed by atoms with E-state index in [0.717, 1.165) is 38.9 Å². The Labute approximate surface area is 219 Å². The van der Waals surface area contributed by atoms with Crippen LogP contribution in [0.4, 0.5) is 10.5 Å². The number of thioether (sulfide) groups is 1. The largest absolute Gasteiger partial charge is 0.488 e. The number of benzene rings is 3. The van der Waals surface area contributed by atoms with Crippen molar-refractivity contribution in [2.45, 2.75) is 27.4 Å². The maximum atomic E-state index is 13.0. The summed E-state index contributed by atoms with van der Waals surface area (Å²) < 4.78 is 5.95. The minimum atomic E-state index is -0.515. The van der Waals surface area contributed by atoms with E-state index in [1.807, 2.05) is 63.2 Å². The second kappa shape index (κ2) is 11.0. The first-order chi connectivity index (χ1) is 17.2. The molecule has 0 saturated carbocycles. The molecule has 1 fully saturated rings. The molecule has 0 bridgehead atoms. The number of anilines is 1. The van der Waals surface area contributed by atoms with E-state index >= 15 is 0 Å². The molecule has 3 amide bonds. The average Bonchev–Trinajstić information content (AvgIpc) is 3.09. The summed E-state index contributed by atoms with van der Waals surface area (Å²) >= 11 is 7.02. The Morgan fingerprint density at radius 3 is 2.42 bits per heavy atom. The predicted molar refractivity (Wildman–Crippen MR) is 144 cm³/mol. The summed E-state index contributed by atoms with van der Waals surface area (Å²) in [4.78, 5) is 39.5. The van der Waals surface area contributed by atoms with Crippen molar-refractivity contribution < 1.29 is 19.1 Å². The van der Waals surface area contributed by atoms with Crippen molar-refractivity contribution in [3.8, 4) is 5.75 Å². The number of para-hydroxylation sites is 1. The first-order valence-corrected chi connectivity index (χ1v) is 12.5. The number of imide groups is 1. The van der Waals surface area contributed by atoms with Crippen LogP contribution in [-0.2, 0) is 16.2 Å². The van der Waals surface area contributed by atoms with Crippen molar-refractivity contribution in [1.82, 2.24) is 4.90 Å². The standard InChI is InChI=1S/C28H25ClN2O4S/c1-17-12-18(2)26(19(3)13-17)30-25(32)15-31-27(33)24(36-28(31)34)14-20-8-5-7-11-23(20)35-16-21-9-4-6-10-22(21)29/h4-14H,15-16H2,1-3H3,(H,30,32). The van der Waals surface area contributed by atoms with E-state index in [1.54, 1.807) is 24.3 Å². The zero-order chi connectivity index (χ0) is 25.8. The quantitative estimate of drug-likeness (QED) is 0.359. The Balaban J connectivity index is 1.47. The summed E-state index contributed by atoms with van der Waals surface area (Å²) in [7, 11) is 0. The molecular weight excluding hydrogens is 496 g/mol. The number of hydrogen-bond donors (Lipinski definition) is 1. The molecule has 1 saturated heterocycles. The van der Waals surface area contributed by atoms with Gasteiger partial charge in [-0.3, -0.25) is 19.3 Å². The van der Waals surface area contributed by atoms with Crippen molar-refractivity contribution in [2.24, 2.45) is 0 Å². The first kappa shape index (κ1) is 25.5. The highest BCUT2D eigenvalue weighted by Gasteiger charge is 2.36. The van der Waals surface area contributed by atoms with Gasteiger partial charge in [0.25, 0.3) is 11.1 Å². The number of hydrogen-bond acceptors (Lipinski definition) is 5. The van der Waals surface area contributed by atoms with Crippen LogP contribution in [0, 0.1) is 20.8 Å². The molecule has 36 heavy (non-hydrogen) atoms. The van der Waals surface area contributed by atoms with Crippen LogP contribution in [0.5, 0.6) is 5.75 Å². The summed E-state index contributed by atoms with van der Waals surface area (Å²) in [5, 5.41) is 2.95. The monoisotopic (exact) mass is 520 g/mol. The van der Waals surface area contributed by atoms with Gasteiger partial charge in [-0.2, -0.15) is 0 Å². The van der Waals surface area contributed by atoms with E-state index in [-0.39, 0.29) is 18.1 Å². The molecule has 1 aliphatic rings. The van der Waals surface area contributed by atoms with Crippen LogP contribution in [0.25, 0.3) is 6.08 Å². The Morgan fingerprint density at radius 1 is 1.03 bits per heavy atom. The number of aryl methyl sites for hydroxylation is 3. The molecule has 1 heterocycles. The van der Waals surface area contributed by atoms with E-state index in [0.29, 0.717) is 22.0 Å². The highest BCUT2D eigenvalue weighted by atomic mass is 35.5. The Bertz CT molecular complexity index is 1360. The molecule has 0 aliphatic carbocycles. The summed E-state index contributed by atoms with van der Waals surface area (Å²) in [5.41, 5.74) is 5.10. The molecule has 6 nitrogen and oxygen atoms in total. The zero-order valence-corrected chi connectivity index (χ0v) is 21.7. The molecule has 1 N–H and O–H groups in total. The van der Waals surface area contributed by atoms with Gasteiger partial charge < -0.3 is 10.1 Å². The molecule has 4 rings (SSSR count). The molecule has 0 unspecified atom stereocenters. The van der Waals surface area contributed by atoms with E-state index < -0.39 is 17.1 Å². The fraction of sp³-hybridized carbons (Fsp3) is 0.179. The SMILES string of the molecule is Cc1cc(C)c(NC(=O)CN2C(=O)SC(=Cc3ccccc3OCc3ccccc3Cl)C2=O)c(C)c1. The van der Waals surface area contributed by atoms with Crippen LogP contribution in [0.15, 0.2) is 65.6 Å². The Morgan fingerprint density at radius 2 is 1.69 bits per heavy atom. The lowest BCUT2D eigenvalue weighted by Crippen LogP contribution is -2.36. The Kier molecular flexibility index (Phi) is 7.82. The van der Waals surface area contributed by atoms with E-state index in [9.17, 15) is 14.4 Å². The number of rotatable bonds is 7. The van der Waals surface area contributed by atoms with Gasteiger partial charge in [-0.25, -0.2) is 0 Å². The van der Waals surface area contributed by atoms with Gasteiger partial charge >= 0.3 is 0 Å². The van der Waals surface area contributed by atoms with Gasteiger partial charge in [-0.1, -0.05) is 65.7 Å². The number of halogens is 1. The molecule has 3 aromatic rings. The molecule has 0 spiro atoms. The summed E-state index contributed by atoms with van der Waals surface area (Å²) in [6.07, 6.45) is 1.61. The second-order valence-corrected chi connectivity index (χ2v) is 9.91. The predicted octanol–water partition coefficient (Wildman–Crippen LogP) is 6.52. The summed E-state index contributed by atoms with van der Waals surface area (Å²) in [5.74, 6) is -0.400. The van der Waals surface area contributed by atoms with Crippen LogP contribution in [0.2, 0.25) is 5.02 Å². The maximum absolute atomic E-state index is 13.0. The zero-order valence-electron chi connectivity index (χ0n) is 20.1. The summed E-state index contributed by atoms with van der Waals surface area (Å²) in [6, 6.07) is 18.6. The normalized spacial score (nSPS) is 14.4. The first-order valence-electron chi connectivity index (χ1n) is 11.3. The average molecular weight is 521 g/mol. The second-order valence-electron chi connectivity index (χ2n) is 8.51. The van der Waals surface area contributed by atoms with Gasteiger partial charge in [-0.05, 0) is 61.9 Å². The highest BCUT2D eigenvalue weighted by molar-refractivity contribution is 8.18. The number of carbonyl (C=O) groups excluding carboxylic acids is 3. The molecule has 3 aromatic carbocycles. The fourth-order valence-corrected chi connectivity index (χ4v) is 5.00. The third-order valence-electron chi connectivity index (χ3n) is 5.66. The van der Waals surface area contributed by atoms with Crippen molar-refractivity contribution in [1.29, 1.82) is 0 Å². The topological polar surface area (TPSA) is 75.7 Å². The smallest absolute Gasteiger partial charge is 0.294 e. The van der Waals surface area contributed by atoms with E-state index in [4.69, 9.17) is 16.3 Å². The number of amides is 3. The molecule has 184 valence electrons. The summed E-state index contributed by atoms with van der Waals surface area (Å²) in [6.45, 7) is 5.69. The van der Waals surface area contributed by atoms with E-state index in [1.165, 1.54) is 0 Å². The minimum Gasteiger partial charge on any atom is -0.488 e.